The number of aromatic amines is 1. The lowest BCUT2D eigenvalue weighted by Crippen LogP contribution is -1.99. The molecule has 2 N–H and O–H groups in total. The maximum atomic E-state index is 4.32. The Hall–Kier alpha value is -1.81. The lowest BCUT2D eigenvalue weighted by molar-refractivity contribution is 1.15. The average molecular weight is 302 g/mol. The van der Waals surface area contributed by atoms with Crippen LogP contribution in [0.4, 0.5) is 5.69 Å². The first kappa shape index (κ1) is 11.3. The van der Waals surface area contributed by atoms with Crippen LogP contribution in [0.5, 0.6) is 0 Å². The number of H-pyrrole nitrogens is 1. The average Bonchev–Trinajstić information content (AvgIpc) is 2.85. The van der Waals surface area contributed by atoms with Gasteiger partial charge in [-0.15, -0.1) is 0 Å². The fraction of sp³-hybridized carbons (Fsp3) is 0.0714. The van der Waals surface area contributed by atoms with E-state index in [1.54, 1.807) is 6.33 Å². The highest BCUT2D eigenvalue weighted by molar-refractivity contribution is 9.10. The third kappa shape index (κ3) is 2.24. The molecule has 0 aliphatic heterocycles. The van der Waals surface area contributed by atoms with Crippen molar-refractivity contribution in [2.24, 2.45) is 0 Å². The first-order chi connectivity index (χ1) is 8.83. The number of hydrogen-bond acceptors (Lipinski definition) is 2. The summed E-state index contributed by atoms with van der Waals surface area (Å²) < 4.78 is 1.10. The molecule has 0 saturated carbocycles. The van der Waals surface area contributed by atoms with Crippen molar-refractivity contribution in [3.8, 4) is 0 Å². The van der Waals surface area contributed by atoms with Crippen molar-refractivity contribution >= 4 is 32.7 Å². The summed E-state index contributed by atoms with van der Waals surface area (Å²) in [6, 6.07) is 14.4. The zero-order valence-electron chi connectivity index (χ0n) is 9.65. The van der Waals surface area contributed by atoms with Gasteiger partial charge in [0.15, 0.2) is 0 Å². The summed E-state index contributed by atoms with van der Waals surface area (Å²) in [4.78, 5) is 7.43. The summed E-state index contributed by atoms with van der Waals surface area (Å²) in [5, 5.41) is 3.41. The molecule has 18 heavy (non-hydrogen) atoms. The molecule has 0 fully saturated rings. The fourth-order valence-electron chi connectivity index (χ4n) is 1.95. The molecule has 0 saturated heterocycles. The molecule has 1 heterocycles. The van der Waals surface area contributed by atoms with Crippen LogP contribution < -0.4 is 5.32 Å². The molecule has 0 bridgehead atoms. The predicted molar refractivity (Wildman–Crippen MR) is 77.6 cm³/mol. The van der Waals surface area contributed by atoms with Gasteiger partial charge >= 0.3 is 0 Å². The molecule has 0 atom stereocenters. The topological polar surface area (TPSA) is 40.7 Å². The summed E-state index contributed by atoms with van der Waals surface area (Å²) in [6.07, 6.45) is 1.72. The zero-order valence-corrected chi connectivity index (χ0v) is 11.2. The Bertz CT molecular complexity index is 675. The van der Waals surface area contributed by atoms with Crippen molar-refractivity contribution in [3.05, 3.63) is 58.8 Å². The maximum Gasteiger partial charge on any atom is 0.111 e. The van der Waals surface area contributed by atoms with E-state index in [-0.39, 0.29) is 0 Å². The number of nitrogens with one attached hydrogen (secondary N) is 2. The Morgan fingerprint density at radius 3 is 2.94 bits per heavy atom. The molecule has 1 aromatic heterocycles. The monoisotopic (exact) mass is 301 g/mol. The van der Waals surface area contributed by atoms with Crippen molar-refractivity contribution < 1.29 is 0 Å². The van der Waals surface area contributed by atoms with E-state index >= 15 is 0 Å². The molecule has 2 aromatic carbocycles. The summed E-state index contributed by atoms with van der Waals surface area (Å²) in [7, 11) is 0. The summed E-state index contributed by atoms with van der Waals surface area (Å²) in [5.74, 6) is 0. The molecule has 0 spiro atoms. The molecule has 0 aliphatic carbocycles. The van der Waals surface area contributed by atoms with Crippen LogP contribution in [0.25, 0.3) is 11.0 Å². The number of nitrogens with zero attached hydrogens (tertiary/aromatic N) is 1. The maximum absolute atomic E-state index is 4.32. The van der Waals surface area contributed by atoms with Crippen molar-refractivity contribution in [2.45, 2.75) is 6.54 Å². The molecule has 0 aliphatic rings. The second-order valence-electron chi connectivity index (χ2n) is 4.09. The van der Waals surface area contributed by atoms with Gasteiger partial charge in [0.2, 0.25) is 0 Å². The van der Waals surface area contributed by atoms with Crippen molar-refractivity contribution in [1.82, 2.24) is 9.97 Å². The number of para-hydroxylation sites is 1. The Morgan fingerprint density at radius 2 is 2.06 bits per heavy atom. The van der Waals surface area contributed by atoms with E-state index in [1.165, 1.54) is 5.56 Å². The molecule has 0 unspecified atom stereocenters. The third-order valence-electron chi connectivity index (χ3n) is 2.82. The van der Waals surface area contributed by atoms with E-state index in [2.05, 4.69) is 43.3 Å². The highest BCUT2D eigenvalue weighted by Gasteiger charge is 2.02. The minimum Gasteiger partial charge on any atom is -0.379 e. The normalized spacial score (nSPS) is 10.7. The van der Waals surface area contributed by atoms with Crippen molar-refractivity contribution in [3.63, 3.8) is 0 Å². The first-order valence-electron chi connectivity index (χ1n) is 5.73. The van der Waals surface area contributed by atoms with Crippen molar-refractivity contribution in [1.29, 1.82) is 0 Å². The standard InChI is InChI=1S/C14H12BrN3/c15-11-4-1-3-10(7-11)8-16-12-5-2-6-13-14(12)18-9-17-13/h1-7,9,16H,8H2,(H,17,18). The molecule has 0 amide bonds. The van der Waals surface area contributed by atoms with Gasteiger partial charge in [-0.2, -0.15) is 0 Å². The molecule has 3 nitrogen and oxygen atoms in total. The second-order valence-corrected chi connectivity index (χ2v) is 5.00. The van der Waals surface area contributed by atoms with E-state index in [0.29, 0.717) is 0 Å². The lowest BCUT2D eigenvalue weighted by atomic mass is 10.2. The minimum absolute atomic E-state index is 0.783. The van der Waals surface area contributed by atoms with Crippen LogP contribution in [-0.2, 0) is 6.54 Å². The summed E-state index contributed by atoms with van der Waals surface area (Å²) in [5.41, 5.74) is 4.31. The number of halogens is 1. The van der Waals surface area contributed by atoms with Crippen LogP contribution in [0.2, 0.25) is 0 Å². The van der Waals surface area contributed by atoms with Gasteiger partial charge in [-0.3, -0.25) is 0 Å². The van der Waals surface area contributed by atoms with E-state index in [9.17, 15) is 0 Å². The molecule has 3 rings (SSSR count). The number of anilines is 1. The zero-order chi connectivity index (χ0) is 12.4. The molecule has 0 radical (unpaired) electrons. The van der Waals surface area contributed by atoms with Crippen LogP contribution in [0.3, 0.4) is 0 Å². The number of fused-ring (bicyclic) bond motifs is 1. The van der Waals surface area contributed by atoms with Gasteiger partial charge in [-0.25, -0.2) is 4.98 Å². The van der Waals surface area contributed by atoms with Gasteiger partial charge in [0.25, 0.3) is 0 Å². The highest BCUT2D eigenvalue weighted by Crippen LogP contribution is 2.20. The molecular weight excluding hydrogens is 290 g/mol. The molecule has 90 valence electrons. The smallest absolute Gasteiger partial charge is 0.111 e. The predicted octanol–water partition coefficient (Wildman–Crippen LogP) is 3.94. The second kappa shape index (κ2) is 4.82. The lowest BCUT2D eigenvalue weighted by Gasteiger charge is -2.07. The van der Waals surface area contributed by atoms with Crippen LogP contribution in [0.1, 0.15) is 5.56 Å². The number of benzene rings is 2. The largest absolute Gasteiger partial charge is 0.379 e. The SMILES string of the molecule is Brc1cccc(CNc2cccc3[nH]cnc23)c1. The minimum atomic E-state index is 0.783. The number of hydrogen-bond donors (Lipinski definition) is 2. The van der Waals surface area contributed by atoms with Gasteiger partial charge in [-0.1, -0.05) is 34.1 Å². The third-order valence-corrected chi connectivity index (χ3v) is 3.31. The van der Waals surface area contributed by atoms with Gasteiger partial charge in [0.05, 0.1) is 17.5 Å². The Kier molecular flexibility index (Phi) is 3.02. The first-order valence-corrected chi connectivity index (χ1v) is 6.52. The van der Waals surface area contributed by atoms with Crippen LogP contribution in [-0.4, -0.2) is 9.97 Å². The Labute approximate surface area is 113 Å². The Morgan fingerprint density at radius 1 is 1.17 bits per heavy atom. The van der Waals surface area contributed by atoms with E-state index in [1.807, 2.05) is 30.3 Å². The number of imidazole rings is 1. The molecular formula is C14H12BrN3. The van der Waals surface area contributed by atoms with Gasteiger partial charge in [0.1, 0.15) is 5.52 Å². The molecule has 4 heteroatoms. The van der Waals surface area contributed by atoms with Crippen LogP contribution in [0, 0.1) is 0 Å². The van der Waals surface area contributed by atoms with Gasteiger partial charge < -0.3 is 10.3 Å². The van der Waals surface area contributed by atoms with E-state index in [4.69, 9.17) is 0 Å². The van der Waals surface area contributed by atoms with Crippen molar-refractivity contribution in [2.75, 3.05) is 5.32 Å². The number of aromatic nitrogens is 2. The van der Waals surface area contributed by atoms with E-state index in [0.717, 1.165) is 27.7 Å². The summed E-state index contributed by atoms with van der Waals surface area (Å²) in [6.45, 7) is 0.783. The quantitative estimate of drug-likeness (QED) is 0.769. The van der Waals surface area contributed by atoms with Gasteiger partial charge in [-0.05, 0) is 29.8 Å². The summed E-state index contributed by atoms with van der Waals surface area (Å²) >= 11 is 3.48. The van der Waals surface area contributed by atoms with Crippen LogP contribution >= 0.6 is 15.9 Å². The molecule has 3 aromatic rings. The number of rotatable bonds is 3. The van der Waals surface area contributed by atoms with Crippen LogP contribution in [0.15, 0.2) is 53.3 Å². The highest BCUT2D eigenvalue weighted by atomic mass is 79.9. The fourth-order valence-corrected chi connectivity index (χ4v) is 2.40. The Balaban J connectivity index is 1.83. The van der Waals surface area contributed by atoms with E-state index < -0.39 is 0 Å². The van der Waals surface area contributed by atoms with Gasteiger partial charge in [0, 0.05) is 11.0 Å².